The first kappa shape index (κ1) is 16.8. The number of aryl methyl sites for hydroxylation is 1. The standard InChI is InChI=1S/C17H18N6OS/c1-12-4-2-6-15(20-12)21-16-8-7-14(22-23-16)18-9-10-19-17(24)13-5-3-11-25-13/h2-8,11H,9-10H2,1H3,(H,18,22)(H,19,24)(H,20,21,23). The maximum absolute atomic E-state index is 11.8. The van der Waals surface area contributed by atoms with Crippen LogP contribution in [0, 0.1) is 6.92 Å². The Morgan fingerprint density at radius 3 is 2.56 bits per heavy atom. The van der Waals surface area contributed by atoms with E-state index in [-0.39, 0.29) is 5.91 Å². The van der Waals surface area contributed by atoms with Gasteiger partial charge in [-0.05, 0) is 42.6 Å². The second-order valence-corrected chi connectivity index (χ2v) is 6.20. The average Bonchev–Trinajstić information content (AvgIpc) is 3.15. The van der Waals surface area contributed by atoms with Crippen LogP contribution in [0.5, 0.6) is 0 Å². The molecule has 8 heteroatoms. The Labute approximate surface area is 149 Å². The third-order valence-electron chi connectivity index (χ3n) is 3.27. The molecular formula is C17H18N6OS. The van der Waals surface area contributed by atoms with Crippen molar-refractivity contribution < 1.29 is 4.79 Å². The number of aromatic nitrogens is 3. The van der Waals surface area contributed by atoms with Crippen LogP contribution in [0.3, 0.4) is 0 Å². The van der Waals surface area contributed by atoms with E-state index in [9.17, 15) is 4.79 Å². The van der Waals surface area contributed by atoms with E-state index in [4.69, 9.17) is 0 Å². The number of nitrogens with one attached hydrogen (secondary N) is 3. The van der Waals surface area contributed by atoms with Crippen molar-refractivity contribution in [3.05, 3.63) is 58.4 Å². The number of thiophene rings is 1. The molecule has 0 aliphatic rings. The van der Waals surface area contributed by atoms with Crippen LogP contribution in [0.4, 0.5) is 17.5 Å². The predicted molar refractivity (Wildman–Crippen MR) is 99.4 cm³/mol. The van der Waals surface area contributed by atoms with Gasteiger partial charge in [0.1, 0.15) is 11.6 Å². The van der Waals surface area contributed by atoms with Crippen molar-refractivity contribution in [2.75, 3.05) is 23.7 Å². The molecule has 3 rings (SSSR count). The van der Waals surface area contributed by atoms with Gasteiger partial charge in [-0.3, -0.25) is 4.79 Å². The van der Waals surface area contributed by atoms with E-state index in [0.29, 0.717) is 29.6 Å². The number of rotatable bonds is 7. The molecule has 0 bridgehead atoms. The van der Waals surface area contributed by atoms with Gasteiger partial charge < -0.3 is 16.0 Å². The van der Waals surface area contributed by atoms with Gasteiger partial charge in [0.2, 0.25) is 0 Å². The van der Waals surface area contributed by atoms with E-state index in [2.05, 4.69) is 31.1 Å². The number of carbonyl (C=O) groups is 1. The van der Waals surface area contributed by atoms with Gasteiger partial charge in [0.05, 0.1) is 4.88 Å². The molecule has 0 radical (unpaired) electrons. The first-order chi connectivity index (χ1) is 12.2. The molecular weight excluding hydrogens is 336 g/mol. The maximum Gasteiger partial charge on any atom is 0.261 e. The van der Waals surface area contributed by atoms with E-state index in [1.54, 1.807) is 6.07 Å². The number of pyridine rings is 1. The Kier molecular flexibility index (Phi) is 5.53. The number of carbonyl (C=O) groups excluding carboxylic acids is 1. The zero-order chi connectivity index (χ0) is 17.5. The van der Waals surface area contributed by atoms with Gasteiger partial charge in [-0.2, -0.15) is 0 Å². The van der Waals surface area contributed by atoms with Crippen LogP contribution in [0.15, 0.2) is 47.8 Å². The molecule has 0 saturated carbocycles. The third kappa shape index (κ3) is 4.98. The fraction of sp³-hybridized carbons (Fsp3) is 0.176. The van der Waals surface area contributed by atoms with Crippen molar-refractivity contribution in [2.45, 2.75) is 6.92 Å². The molecule has 7 nitrogen and oxygen atoms in total. The zero-order valence-electron chi connectivity index (χ0n) is 13.7. The summed E-state index contributed by atoms with van der Waals surface area (Å²) in [6.45, 7) is 3.00. The molecule has 3 heterocycles. The molecule has 0 aromatic carbocycles. The summed E-state index contributed by atoms with van der Waals surface area (Å²) in [6.07, 6.45) is 0. The van der Waals surface area contributed by atoms with E-state index < -0.39 is 0 Å². The van der Waals surface area contributed by atoms with E-state index in [1.165, 1.54) is 11.3 Å². The summed E-state index contributed by atoms with van der Waals surface area (Å²) in [4.78, 5) is 16.9. The van der Waals surface area contributed by atoms with Crippen molar-refractivity contribution in [1.82, 2.24) is 20.5 Å². The van der Waals surface area contributed by atoms with Crippen molar-refractivity contribution in [3.63, 3.8) is 0 Å². The van der Waals surface area contributed by atoms with Crippen LogP contribution in [-0.4, -0.2) is 34.2 Å². The largest absolute Gasteiger partial charge is 0.367 e. The van der Waals surface area contributed by atoms with E-state index in [1.807, 2.05) is 48.7 Å². The normalized spacial score (nSPS) is 10.3. The lowest BCUT2D eigenvalue weighted by atomic mass is 10.3. The summed E-state index contributed by atoms with van der Waals surface area (Å²) in [5.74, 6) is 1.93. The fourth-order valence-corrected chi connectivity index (χ4v) is 2.74. The van der Waals surface area contributed by atoms with Crippen LogP contribution in [0.25, 0.3) is 0 Å². The van der Waals surface area contributed by atoms with Crippen molar-refractivity contribution in [1.29, 1.82) is 0 Å². The Hall–Kier alpha value is -3.00. The summed E-state index contributed by atoms with van der Waals surface area (Å²) in [5, 5.41) is 19.2. The van der Waals surface area contributed by atoms with Crippen LogP contribution in [0.1, 0.15) is 15.4 Å². The van der Waals surface area contributed by atoms with Gasteiger partial charge in [-0.15, -0.1) is 21.5 Å². The predicted octanol–water partition coefficient (Wildman–Crippen LogP) is 2.83. The molecule has 0 spiro atoms. The molecule has 3 aromatic heterocycles. The van der Waals surface area contributed by atoms with Gasteiger partial charge in [-0.25, -0.2) is 4.98 Å². The summed E-state index contributed by atoms with van der Waals surface area (Å²) in [6, 6.07) is 13.0. The molecule has 0 atom stereocenters. The quantitative estimate of drug-likeness (QED) is 0.565. The highest BCUT2D eigenvalue weighted by atomic mass is 32.1. The van der Waals surface area contributed by atoms with Crippen molar-refractivity contribution >= 4 is 34.7 Å². The summed E-state index contributed by atoms with van der Waals surface area (Å²) in [5.41, 5.74) is 0.931. The molecule has 0 saturated heterocycles. The third-order valence-corrected chi connectivity index (χ3v) is 4.14. The SMILES string of the molecule is Cc1cccc(Nc2ccc(NCCNC(=O)c3cccs3)nn2)n1. The Morgan fingerprint density at radius 2 is 1.84 bits per heavy atom. The Morgan fingerprint density at radius 1 is 1.00 bits per heavy atom. The van der Waals surface area contributed by atoms with Crippen LogP contribution in [-0.2, 0) is 0 Å². The van der Waals surface area contributed by atoms with Gasteiger partial charge in [-0.1, -0.05) is 12.1 Å². The highest BCUT2D eigenvalue weighted by Gasteiger charge is 2.05. The second kappa shape index (κ2) is 8.20. The minimum atomic E-state index is -0.0620. The molecule has 0 aliphatic carbocycles. The van der Waals surface area contributed by atoms with Gasteiger partial charge in [0, 0.05) is 18.8 Å². The lowest BCUT2D eigenvalue weighted by Crippen LogP contribution is -2.28. The lowest BCUT2D eigenvalue weighted by molar-refractivity contribution is 0.0959. The molecule has 3 N–H and O–H groups in total. The average molecular weight is 354 g/mol. The smallest absolute Gasteiger partial charge is 0.261 e. The number of nitrogens with zero attached hydrogens (tertiary/aromatic N) is 3. The van der Waals surface area contributed by atoms with Gasteiger partial charge >= 0.3 is 0 Å². The summed E-state index contributed by atoms with van der Waals surface area (Å²) >= 11 is 1.42. The molecule has 3 aromatic rings. The Balaban J connectivity index is 1.44. The van der Waals surface area contributed by atoms with Crippen LogP contribution < -0.4 is 16.0 Å². The second-order valence-electron chi connectivity index (χ2n) is 5.25. The molecule has 0 unspecified atom stereocenters. The first-order valence-electron chi connectivity index (χ1n) is 7.81. The highest BCUT2D eigenvalue weighted by Crippen LogP contribution is 2.12. The molecule has 0 aliphatic heterocycles. The first-order valence-corrected chi connectivity index (χ1v) is 8.69. The molecule has 1 amide bonds. The zero-order valence-corrected chi connectivity index (χ0v) is 14.5. The van der Waals surface area contributed by atoms with Gasteiger partial charge in [0.15, 0.2) is 5.82 Å². The van der Waals surface area contributed by atoms with Gasteiger partial charge in [0.25, 0.3) is 5.91 Å². The number of hydrogen-bond donors (Lipinski definition) is 3. The molecule has 128 valence electrons. The Bertz CT molecular complexity index is 819. The number of amides is 1. The summed E-state index contributed by atoms with van der Waals surface area (Å²) in [7, 11) is 0. The number of hydrogen-bond acceptors (Lipinski definition) is 7. The lowest BCUT2D eigenvalue weighted by Gasteiger charge is -2.08. The molecule has 25 heavy (non-hydrogen) atoms. The highest BCUT2D eigenvalue weighted by molar-refractivity contribution is 7.12. The van der Waals surface area contributed by atoms with E-state index >= 15 is 0 Å². The monoisotopic (exact) mass is 354 g/mol. The van der Waals surface area contributed by atoms with E-state index in [0.717, 1.165) is 11.5 Å². The minimum absolute atomic E-state index is 0.0620. The maximum atomic E-state index is 11.8. The van der Waals surface area contributed by atoms with Crippen molar-refractivity contribution in [2.24, 2.45) is 0 Å². The fourth-order valence-electron chi connectivity index (χ4n) is 2.10. The minimum Gasteiger partial charge on any atom is -0.367 e. The van der Waals surface area contributed by atoms with Crippen LogP contribution in [0.2, 0.25) is 0 Å². The van der Waals surface area contributed by atoms with Crippen LogP contribution >= 0.6 is 11.3 Å². The topological polar surface area (TPSA) is 91.8 Å². The summed E-state index contributed by atoms with van der Waals surface area (Å²) < 4.78 is 0. The number of anilines is 3. The van der Waals surface area contributed by atoms with Crippen molar-refractivity contribution in [3.8, 4) is 0 Å². The molecule has 0 fully saturated rings.